The molecule has 16 heavy (non-hydrogen) atoms. The molecular formula is C9H10Cl2N2O2S. The molecule has 0 spiro atoms. The molecule has 0 fully saturated rings. The zero-order valence-electron chi connectivity index (χ0n) is 8.20. The molecule has 0 unspecified atom stereocenters. The predicted octanol–water partition coefficient (Wildman–Crippen LogP) is 2.04. The number of halogens is 2. The van der Waals surface area contributed by atoms with Crippen molar-refractivity contribution in [2.24, 2.45) is 0 Å². The molecule has 7 heteroatoms. The third-order valence-corrected chi connectivity index (χ3v) is 3.89. The van der Waals surface area contributed by atoms with Gasteiger partial charge < -0.3 is 5.73 Å². The van der Waals surface area contributed by atoms with Gasteiger partial charge in [-0.15, -0.1) is 6.58 Å². The number of anilines is 1. The molecule has 0 amide bonds. The van der Waals surface area contributed by atoms with Crippen molar-refractivity contribution >= 4 is 38.9 Å². The first-order chi connectivity index (χ1) is 7.38. The molecule has 1 rings (SSSR count). The summed E-state index contributed by atoms with van der Waals surface area (Å²) >= 11 is 11.5. The van der Waals surface area contributed by atoms with E-state index in [-0.39, 0.29) is 27.2 Å². The number of nitrogens with one attached hydrogen (secondary N) is 1. The van der Waals surface area contributed by atoms with Crippen LogP contribution < -0.4 is 10.5 Å². The average Bonchev–Trinajstić information content (AvgIpc) is 2.12. The SMILES string of the molecule is C=CCNS(=O)(=O)c1c(N)cc(Cl)cc1Cl. The molecule has 0 aliphatic rings. The maximum absolute atomic E-state index is 11.8. The standard InChI is InChI=1S/C9H10Cl2N2O2S/c1-2-3-13-16(14,15)9-7(11)4-6(10)5-8(9)12/h2,4-5,13H,1,3,12H2. The van der Waals surface area contributed by atoms with E-state index in [9.17, 15) is 8.42 Å². The summed E-state index contributed by atoms with van der Waals surface area (Å²) in [5.74, 6) is 0. The van der Waals surface area contributed by atoms with E-state index in [4.69, 9.17) is 28.9 Å². The molecule has 88 valence electrons. The first kappa shape index (κ1) is 13.3. The van der Waals surface area contributed by atoms with Crippen molar-refractivity contribution in [1.82, 2.24) is 4.72 Å². The highest BCUT2D eigenvalue weighted by molar-refractivity contribution is 7.89. The van der Waals surface area contributed by atoms with Crippen LogP contribution in [0.2, 0.25) is 10.0 Å². The molecule has 0 heterocycles. The molecule has 0 saturated carbocycles. The average molecular weight is 281 g/mol. The van der Waals surface area contributed by atoms with Gasteiger partial charge in [0.15, 0.2) is 0 Å². The van der Waals surface area contributed by atoms with E-state index in [1.165, 1.54) is 18.2 Å². The molecular weight excluding hydrogens is 271 g/mol. The number of hydrogen-bond acceptors (Lipinski definition) is 3. The number of hydrogen-bond donors (Lipinski definition) is 2. The highest BCUT2D eigenvalue weighted by Crippen LogP contribution is 2.30. The summed E-state index contributed by atoms with van der Waals surface area (Å²) in [6.45, 7) is 3.50. The monoisotopic (exact) mass is 280 g/mol. The fraction of sp³-hybridized carbons (Fsp3) is 0.111. The molecule has 1 aromatic rings. The lowest BCUT2D eigenvalue weighted by molar-refractivity contribution is 0.586. The van der Waals surface area contributed by atoms with E-state index in [0.29, 0.717) is 0 Å². The van der Waals surface area contributed by atoms with Gasteiger partial charge in [-0.25, -0.2) is 13.1 Å². The third-order valence-electron chi connectivity index (χ3n) is 1.72. The molecule has 0 aliphatic carbocycles. The second kappa shape index (κ2) is 5.05. The lowest BCUT2D eigenvalue weighted by atomic mass is 10.3. The predicted molar refractivity (Wildman–Crippen MR) is 66.3 cm³/mol. The van der Waals surface area contributed by atoms with E-state index in [1.54, 1.807) is 0 Å². The van der Waals surface area contributed by atoms with Crippen LogP contribution in [0.5, 0.6) is 0 Å². The van der Waals surface area contributed by atoms with Crippen LogP contribution in [0.3, 0.4) is 0 Å². The summed E-state index contributed by atoms with van der Waals surface area (Å²) in [6, 6.07) is 2.65. The molecule has 0 atom stereocenters. The fourth-order valence-corrected chi connectivity index (χ4v) is 3.08. The van der Waals surface area contributed by atoms with Crippen LogP contribution in [0.4, 0.5) is 5.69 Å². The van der Waals surface area contributed by atoms with Gasteiger partial charge in [0.1, 0.15) is 4.90 Å². The van der Waals surface area contributed by atoms with Crippen molar-refractivity contribution in [3.05, 3.63) is 34.8 Å². The minimum Gasteiger partial charge on any atom is -0.398 e. The maximum atomic E-state index is 11.8. The summed E-state index contributed by atoms with van der Waals surface area (Å²) in [7, 11) is -3.74. The molecule has 0 aromatic heterocycles. The molecule has 0 aliphatic heterocycles. The van der Waals surface area contributed by atoms with Crippen LogP contribution in [0.1, 0.15) is 0 Å². The summed E-state index contributed by atoms with van der Waals surface area (Å²) in [5.41, 5.74) is 5.57. The molecule has 3 N–H and O–H groups in total. The second-order valence-electron chi connectivity index (χ2n) is 2.95. The molecule has 0 saturated heterocycles. The van der Waals surface area contributed by atoms with Crippen molar-refractivity contribution in [3.63, 3.8) is 0 Å². The molecule has 0 radical (unpaired) electrons. The molecule has 4 nitrogen and oxygen atoms in total. The Balaban J connectivity index is 3.28. The lowest BCUT2D eigenvalue weighted by Crippen LogP contribution is -2.24. The smallest absolute Gasteiger partial charge is 0.244 e. The van der Waals surface area contributed by atoms with Crippen LogP contribution in [-0.4, -0.2) is 15.0 Å². The largest absolute Gasteiger partial charge is 0.398 e. The van der Waals surface area contributed by atoms with Gasteiger partial charge in [-0.2, -0.15) is 0 Å². The van der Waals surface area contributed by atoms with Gasteiger partial charge in [0.05, 0.1) is 10.7 Å². The van der Waals surface area contributed by atoms with E-state index in [2.05, 4.69) is 11.3 Å². The van der Waals surface area contributed by atoms with Crippen LogP contribution in [0.15, 0.2) is 29.7 Å². The van der Waals surface area contributed by atoms with Crippen LogP contribution in [0, 0.1) is 0 Å². The van der Waals surface area contributed by atoms with Crippen molar-refractivity contribution in [3.8, 4) is 0 Å². The number of benzene rings is 1. The van der Waals surface area contributed by atoms with Crippen molar-refractivity contribution in [2.45, 2.75) is 4.90 Å². The van der Waals surface area contributed by atoms with E-state index in [1.807, 2.05) is 0 Å². The first-order valence-electron chi connectivity index (χ1n) is 4.23. The Morgan fingerprint density at radius 3 is 2.56 bits per heavy atom. The van der Waals surface area contributed by atoms with Crippen molar-refractivity contribution in [1.29, 1.82) is 0 Å². The van der Waals surface area contributed by atoms with Gasteiger partial charge in [0.2, 0.25) is 10.0 Å². The number of sulfonamides is 1. The number of rotatable bonds is 4. The zero-order valence-corrected chi connectivity index (χ0v) is 10.5. The topological polar surface area (TPSA) is 72.2 Å². The first-order valence-corrected chi connectivity index (χ1v) is 6.47. The van der Waals surface area contributed by atoms with E-state index < -0.39 is 10.0 Å². The molecule has 1 aromatic carbocycles. The fourth-order valence-electron chi connectivity index (χ4n) is 1.10. The van der Waals surface area contributed by atoms with Gasteiger partial charge in [-0.3, -0.25) is 0 Å². The second-order valence-corrected chi connectivity index (χ2v) is 5.49. The number of nitrogens with two attached hydrogens (primary N) is 1. The summed E-state index contributed by atoms with van der Waals surface area (Å²) in [5, 5.41) is 0.270. The van der Waals surface area contributed by atoms with Gasteiger partial charge in [0, 0.05) is 11.6 Å². The van der Waals surface area contributed by atoms with E-state index in [0.717, 1.165) is 0 Å². The molecule has 0 bridgehead atoms. The Labute approximate surface area is 104 Å². The van der Waals surface area contributed by atoms with Crippen LogP contribution in [0.25, 0.3) is 0 Å². The minimum atomic E-state index is -3.74. The minimum absolute atomic E-state index is 0.00839. The summed E-state index contributed by atoms with van der Waals surface area (Å²) in [4.78, 5) is -0.166. The quantitative estimate of drug-likeness (QED) is 0.655. The van der Waals surface area contributed by atoms with E-state index >= 15 is 0 Å². The highest BCUT2D eigenvalue weighted by Gasteiger charge is 2.20. The van der Waals surface area contributed by atoms with Gasteiger partial charge in [-0.05, 0) is 12.1 Å². The highest BCUT2D eigenvalue weighted by atomic mass is 35.5. The third kappa shape index (κ3) is 2.89. The Morgan fingerprint density at radius 1 is 1.44 bits per heavy atom. The Kier molecular flexibility index (Phi) is 4.21. The van der Waals surface area contributed by atoms with Crippen LogP contribution in [-0.2, 0) is 10.0 Å². The Hall–Kier alpha value is -0.750. The van der Waals surface area contributed by atoms with Crippen molar-refractivity contribution in [2.75, 3.05) is 12.3 Å². The Bertz CT molecular complexity index is 491. The van der Waals surface area contributed by atoms with Gasteiger partial charge in [0.25, 0.3) is 0 Å². The normalized spacial score (nSPS) is 11.4. The Morgan fingerprint density at radius 2 is 2.06 bits per heavy atom. The summed E-state index contributed by atoms with van der Waals surface area (Å²) in [6.07, 6.45) is 1.41. The van der Waals surface area contributed by atoms with Gasteiger partial charge >= 0.3 is 0 Å². The maximum Gasteiger partial charge on any atom is 0.244 e. The van der Waals surface area contributed by atoms with Gasteiger partial charge in [-0.1, -0.05) is 29.3 Å². The zero-order chi connectivity index (χ0) is 12.3. The van der Waals surface area contributed by atoms with Crippen LogP contribution >= 0.6 is 23.2 Å². The lowest BCUT2D eigenvalue weighted by Gasteiger charge is -2.09. The summed E-state index contributed by atoms with van der Waals surface area (Å²) < 4.78 is 25.8. The van der Waals surface area contributed by atoms with Crippen molar-refractivity contribution < 1.29 is 8.42 Å². The number of nitrogen functional groups attached to an aromatic ring is 1.